The van der Waals surface area contributed by atoms with Crippen LogP contribution in [0.1, 0.15) is 22.7 Å². The van der Waals surface area contributed by atoms with E-state index in [4.69, 9.17) is 23.2 Å². The maximum atomic E-state index is 13.7. The zero-order valence-electron chi connectivity index (χ0n) is 19.9. The molecule has 0 radical (unpaired) electrons. The number of amides is 1. The highest BCUT2D eigenvalue weighted by Crippen LogP contribution is 2.43. The van der Waals surface area contributed by atoms with Gasteiger partial charge in [-0.3, -0.25) is 14.5 Å². The molecule has 1 aromatic heterocycles. The topological polar surface area (TPSA) is 83.4 Å². The minimum Gasteiger partial charge on any atom is -0.503 e. The fourth-order valence-corrected chi connectivity index (χ4v) is 6.40. The lowest BCUT2D eigenvalue weighted by Crippen LogP contribution is -2.30. The molecule has 196 valence electrons. The first-order valence-corrected chi connectivity index (χ1v) is 14.1. The molecule has 4 aromatic rings. The Hall–Kier alpha value is -3.50. The standard InChI is InChI=1S/C28H18Cl2FN3O3S2/c29-19-10-7-18(21(30)14-19)15-38-28-33-32-27(39-28)34-24(17-8-11-20(31)12-9-17)23(25(36)26(34)37)22(35)13-6-16-4-2-1-3-5-16/h1-14,24,36H,15H2. The van der Waals surface area contributed by atoms with Gasteiger partial charge in [0.25, 0.3) is 5.91 Å². The number of rotatable bonds is 8. The van der Waals surface area contributed by atoms with E-state index >= 15 is 0 Å². The van der Waals surface area contributed by atoms with Crippen molar-refractivity contribution in [3.8, 4) is 0 Å². The first-order valence-electron chi connectivity index (χ1n) is 11.5. The number of thioether (sulfide) groups is 1. The molecule has 11 heteroatoms. The van der Waals surface area contributed by atoms with Crippen molar-refractivity contribution in [2.75, 3.05) is 4.90 Å². The van der Waals surface area contributed by atoms with Gasteiger partial charge >= 0.3 is 0 Å². The Morgan fingerprint density at radius 3 is 2.54 bits per heavy atom. The molecule has 2 heterocycles. The Labute approximate surface area is 241 Å². The van der Waals surface area contributed by atoms with Crippen LogP contribution in [0.25, 0.3) is 6.08 Å². The number of anilines is 1. The molecule has 0 saturated carbocycles. The van der Waals surface area contributed by atoms with Crippen LogP contribution in [0.4, 0.5) is 9.52 Å². The average molecular weight is 599 g/mol. The quantitative estimate of drug-likeness (QED) is 0.129. The lowest BCUT2D eigenvalue weighted by atomic mass is 9.96. The van der Waals surface area contributed by atoms with Gasteiger partial charge in [0.15, 0.2) is 15.9 Å². The van der Waals surface area contributed by atoms with Crippen molar-refractivity contribution in [1.29, 1.82) is 0 Å². The van der Waals surface area contributed by atoms with Gasteiger partial charge in [-0.15, -0.1) is 10.2 Å². The van der Waals surface area contributed by atoms with Crippen molar-refractivity contribution in [3.63, 3.8) is 0 Å². The number of aliphatic hydroxyl groups is 1. The average Bonchev–Trinajstić information content (AvgIpc) is 3.50. The highest BCUT2D eigenvalue weighted by molar-refractivity contribution is 8.00. The fraction of sp³-hybridized carbons (Fsp3) is 0.0714. The van der Waals surface area contributed by atoms with E-state index in [9.17, 15) is 19.1 Å². The van der Waals surface area contributed by atoms with Gasteiger partial charge in [-0.05, 0) is 47.0 Å². The number of hydrogen-bond acceptors (Lipinski definition) is 7. The van der Waals surface area contributed by atoms with E-state index in [1.54, 1.807) is 18.2 Å². The fourth-order valence-electron chi connectivity index (χ4n) is 3.98. The summed E-state index contributed by atoms with van der Waals surface area (Å²) in [6.07, 6.45) is 2.89. The van der Waals surface area contributed by atoms with Crippen LogP contribution in [0, 0.1) is 5.82 Å². The highest BCUT2D eigenvalue weighted by atomic mass is 35.5. The monoisotopic (exact) mass is 597 g/mol. The number of carbonyl (C=O) groups excluding carboxylic acids is 2. The van der Waals surface area contributed by atoms with E-state index in [1.807, 2.05) is 36.4 Å². The Balaban J connectivity index is 1.45. The summed E-state index contributed by atoms with van der Waals surface area (Å²) in [5.41, 5.74) is 1.93. The molecule has 0 aliphatic carbocycles. The number of aliphatic hydroxyl groups excluding tert-OH is 1. The van der Waals surface area contributed by atoms with Gasteiger partial charge in [-0.2, -0.15) is 0 Å². The molecule has 0 bridgehead atoms. The lowest BCUT2D eigenvalue weighted by Gasteiger charge is -2.23. The van der Waals surface area contributed by atoms with E-state index < -0.39 is 29.3 Å². The van der Waals surface area contributed by atoms with Gasteiger partial charge < -0.3 is 5.11 Å². The van der Waals surface area contributed by atoms with Crippen LogP contribution in [0.2, 0.25) is 10.0 Å². The SMILES string of the molecule is O=C(C=Cc1ccccc1)C1=C(O)C(=O)N(c2nnc(SCc3ccc(Cl)cc3Cl)s2)C1c1ccc(F)cc1. The predicted molar refractivity (Wildman–Crippen MR) is 153 cm³/mol. The molecule has 0 saturated heterocycles. The summed E-state index contributed by atoms with van der Waals surface area (Å²) < 4.78 is 14.3. The molecule has 1 aliphatic heterocycles. The number of allylic oxidation sites excluding steroid dienone is 1. The largest absolute Gasteiger partial charge is 0.503 e. The Morgan fingerprint density at radius 1 is 1.08 bits per heavy atom. The third kappa shape index (κ3) is 5.91. The first kappa shape index (κ1) is 27.1. The minimum absolute atomic E-state index is 0.129. The Bertz CT molecular complexity index is 1610. The second-order valence-electron chi connectivity index (χ2n) is 8.37. The summed E-state index contributed by atoms with van der Waals surface area (Å²) in [5.74, 6) is -2.04. The van der Waals surface area contributed by atoms with Crippen LogP contribution in [0.15, 0.2) is 94.5 Å². The molecular formula is C28H18Cl2FN3O3S2. The number of carbonyl (C=O) groups is 2. The maximum absolute atomic E-state index is 13.7. The molecule has 1 unspecified atom stereocenters. The number of ketones is 1. The summed E-state index contributed by atoms with van der Waals surface area (Å²) in [5, 5.41) is 20.4. The summed E-state index contributed by atoms with van der Waals surface area (Å²) in [6.45, 7) is 0. The van der Waals surface area contributed by atoms with E-state index in [1.165, 1.54) is 47.0 Å². The van der Waals surface area contributed by atoms with Crippen LogP contribution in [-0.4, -0.2) is 27.0 Å². The molecule has 5 rings (SSSR count). The first-order chi connectivity index (χ1) is 18.8. The van der Waals surface area contributed by atoms with Gasteiger partial charge in [0.2, 0.25) is 5.13 Å². The Kier molecular flexibility index (Phi) is 8.13. The normalized spacial score (nSPS) is 15.5. The molecule has 39 heavy (non-hydrogen) atoms. The molecule has 6 nitrogen and oxygen atoms in total. The zero-order valence-corrected chi connectivity index (χ0v) is 23.1. The molecule has 0 spiro atoms. The molecule has 0 fully saturated rings. The minimum atomic E-state index is -1.03. The second kappa shape index (κ2) is 11.7. The molecule has 1 N–H and O–H groups in total. The number of hydrogen-bond donors (Lipinski definition) is 1. The van der Waals surface area contributed by atoms with Gasteiger partial charge in [-0.1, -0.05) is 101 Å². The van der Waals surface area contributed by atoms with Gasteiger partial charge in [-0.25, -0.2) is 4.39 Å². The van der Waals surface area contributed by atoms with E-state index in [2.05, 4.69) is 10.2 Å². The van der Waals surface area contributed by atoms with E-state index in [0.717, 1.165) is 22.5 Å². The molecular weight excluding hydrogens is 580 g/mol. The van der Waals surface area contributed by atoms with Crippen molar-refractivity contribution in [3.05, 3.63) is 123 Å². The lowest BCUT2D eigenvalue weighted by molar-refractivity contribution is -0.117. The van der Waals surface area contributed by atoms with Crippen LogP contribution >= 0.6 is 46.3 Å². The van der Waals surface area contributed by atoms with Crippen molar-refractivity contribution in [1.82, 2.24) is 10.2 Å². The molecule has 3 aromatic carbocycles. The van der Waals surface area contributed by atoms with Crippen molar-refractivity contribution in [2.45, 2.75) is 16.1 Å². The maximum Gasteiger partial charge on any atom is 0.296 e. The number of aromatic nitrogens is 2. The van der Waals surface area contributed by atoms with Gasteiger partial charge in [0, 0.05) is 15.8 Å². The van der Waals surface area contributed by atoms with Crippen LogP contribution in [0.3, 0.4) is 0 Å². The number of nitrogens with zero attached hydrogens (tertiary/aromatic N) is 3. The van der Waals surface area contributed by atoms with Crippen molar-refractivity contribution in [2.24, 2.45) is 0 Å². The van der Waals surface area contributed by atoms with E-state index in [0.29, 0.717) is 25.7 Å². The van der Waals surface area contributed by atoms with Crippen molar-refractivity contribution < 1.29 is 19.1 Å². The van der Waals surface area contributed by atoms with Gasteiger partial charge in [0.05, 0.1) is 11.6 Å². The molecule has 1 aliphatic rings. The van der Waals surface area contributed by atoms with Gasteiger partial charge in [0.1, 0.15) is 5.82 Å². The van der Waals surface area contributed by atoms with Crippen LogP contribution in [-0.2, 0) is 15.3 Å². The third-order valence-electron chi connectivity index (χ3n) is 5.85. The highest BCUT2D eigenvalue weighted by Gasteiger charge is 2.45. The predicted octanol–water partition coefficient (Wildman–Crippen LogP) is 7.46. The smallest absolute Gasteiger partial charge is 0.296 e. The zero-order chi connectivity index (χ0) is 27.5. The third-order valence-corrected chi connectivity index (χ3v) is 8.55. The van der Waals surface area contributed by atoms with E-state index in [-0.39, 0.29) is 10.7 Å². The number of halogens is 3. The van der Waals surface area contributed by atoms with Crippen LogP contribution in [0.5, 0.6) is 0 Å². The Morgan fingerprint density at radius 2 is 1.82 bits per heavy atom. The second-order valence-corrected chi connectivity index (χ2v) is 11.4. The molecule has 1 amide bonds. The van der Waals surface area contributed by atoms with Crippen molar-refractivity contribution >= 4 is 69.2 Å². The number of benzene rings is 3. The van der Waals surface area contributed by atoms with Crippen LogP contribution < -0.4 is 4.90 Å². The summed E-state index contributed by atoms with van der Waals surface area (Å²) in [7, 11) is 0. The summed E-state index contributed by atoms with van der Waals surface area (Å²) >= 11 is 14.7. The summed E-state index contributed by atoms with van der Waals surface area (Å²) in [6, 6.07) is 18.7. The summed E-state index contributed by atoms with van der Waals surface area (Å²) in [4.78, 5) is 27.8. The molecule has 1 atom stereocenters.